The zero-order valence-electron chi connectivity index (χ0n) is 13.6. The van der Waals surface area contributed by atoms with E-state index in [9.17, 15) is 9.50 Å². The summed E-state index contributed by atoms with van der Waals surface area (Å²) in [6, 6.07) is 12.3. The molecular formula is C18H22ClFN2O. The molecule has 0 bridgehead atoms. The average Bonchev–Trinajstić information content (AvgIpc) is 2.55. The highest BCUT2D eigenvalue weighted by Crippen LogP contribution is 2.28. The summed E-state index contributed by atoms with van der Waals surface area (Å²) in [7, 11) is 3.98. The Balaban J connectivity index is 2.23. The van der Waals surface area contributed by atoms with Crippen molar-refractivity contribution >= 4 is 17.3 Å². The quantitative estimate of drug-likeness (QED) is 0.839. The van der Waals surface area contributed by atoms with Crippen LogP contribution in [0, 0.1) is 5.82 Å². The second-order valence-corrected chi connectivity index (χ2v) is 6.16. The Labute approximate surface area is 141 Å². The highest BCUT2D eigenvalue weighted by molar-refractivity contribution is 6.30. The van der Waals surface area contributed by atoms with E-state index in [0.29, 0.717) is 5.56 Å². The van der Waals surface area contributed by atoms with E-state index in [1.54, 1.807) is 6.07 Å². The summed E-state index contributed by atoms with van der Waals surface area (Å²) in [5.41, 5.74) is 2.89. The first-order chi connectivity index (χ1) is 10.9. The first-order valence-electron chi connectivity index (χ1n) is 7.52. The lowest BCUT2D eigenvalue weighted by Gasteiger charge is -2.26. The fraction of sp³-hybridized carbons (Fsp3) is 0.333. The fourth-order valence-corrected chi connectivity index (χ4v) is 2.75. The monoisotopic (exact) mass is 336 g/mol. The third-order valence-corrected chi connectivity index (χ3v) is 4.17. The first kappa shape index (κ1) is 17.7. The molecule has 2 unspecified atom stereocenters. The van der Waals surface area contributed by atoms with Gasteiger partial charge in [0.15, 0.2) is 0 Å². The van der Waals surface area contributed by atoms with Crippen LogP contribution in [0.2, 0.25) is 5.02 Å². The molecule has 0 saturated carbocycles. The molecule has 0 spiro atoms. The van der Waals surface area contributed by atoms with Gasteiger partial charge in [-0.25, -0.2) is 4.39 Å². The minimum absolute atomic E-state index is 0.00973. The number of rotatable bonds is 6. The average molecular weight is 337 g/mol. The number of hydrogen-bond acceptors (Lipinski definition) is 3. The zero-order valence-corrected chi connectivity index (χ0v) is 14.3. The van der Waals surface area contributed by atoms with E-state index in [4.69, 9.17) is 11.6 Å². The summed E-state index contributed by atoms with van der Waals surface area (Å²) in [5, 5.41) is 13.1. The van der Waals surface area contributed by atoms with Crippen LogP contribution in [0.4, 0.5) is 10.1 Å². The summed E-state index contributed by atoms with van der Waals surface area (Å²) in [5.74, 6) is -0.481. The number of anilines is 1. The van der Waals surface area contributed by atoms with Gasteiger partial charge < -0.3 is 15.3 Å². The molecule has 0 aliphatic heterocycles. The largest absolute Gasteiger partial charge is 0.394 e. The number of halogens is 2. The number of aliphatic hydroxyl groups excluding tert-OH is 1. The normalized spacial score (nSPS) is 13.7. The lowest BCUT2D eigenvalue weighted by atomic mass is 10.0. The smallest absolute Gasteiger partial charge is 0.142 e. The van der Waals surface area contributed by atoms with Gasteiger partial charge >= 0.3 is 0 Å². The van der Waals surface area contributed by atoms with Crippen molar-refractivity contribution in [2.24, 2.45) is 0 Å². The molecule has 0 heterocycles. The van der Waals surface area contributed by atoms with Crippen molar-refractivity contribution < 1.29 is 9.50 Å². The van der Waals surface area contributed by atoms with Crippen molar-refractivity contribution in [1.29, 1.82) is 0 Å². The Hall–Kier alpha value is -1.62. The molecule has 23 heavy (non-hydrogen) atoms. The second kappa shape index (κ2) is 7.77. The van der Waals surface area contributed by atoms with Crippen LogP contribution >= 0.6 is 11.6 Å². The SMILES string of the molecule is CC(NC(CO)c1ccc(Cl)c(F)c1)c1ccccc1N(C)C. The maximum absolute atomic E-state index is 13.7. The molecule has 0 saturated heterocycles. The molecule has 2 N–H and O–H groups in total. The van der Waals surface area contributed by atoms with Gasteiger partial charge in [0.25, 0.3) is 0 Å². The van der Waals surface area contributed by atoms with Crippen LogP contribution in [0.1, 0.15) is 30.1 Å². The molecule has 2 atom stereocenters. The molecule has 0 aliphatic carbocycles. The number of hydrogen-bond donors (Lipinski definition) is 2. The van der Waals surface area contributed by atoms with Crippen molar-refractivity contribution in [3.8, 4) is 0 Å². The minimum atomic E-state index is -0.481. The van der Waals surface area contributed by atoms with Crippen LogP contribution in [0.5, 0.6) is 0 Å². The molecule has 0 aromatic heterocycles. The molecular weight excluding hydrogens is 315 g/mol. The Bertz CT molecular complexity index is 663. The number of nitrogens with zero attached hydrogens (tertiary/aromatic N) is 1. The maximum atomic E-state index is 13.7. The molecule has 3 nitrogen and oxygen atoms in total. The van der Waals surface area contributed by atoms with Crippen molar-refractivity contribution in [2.75, 3.05) is 25.6 Å². The van der Waals surface area contributed by atoms with Gasteiger partial charge in [-0.3, -0.25) is 0 Å². The molecule has 2 aromatic rings. The van der Waals surface area contributed by atoms with E-state index in [2.05, 4.69) is 5.32 Å². The fourth-order valence-electron chi connectivity index (χ4n) is 2.64. The summed E-state index contributed by atoms with van der Waals surface area (Å²) < 4.78 is 13.7. The van der Waals surface area contributed by atoms with Crippen molar-refractivity contribution in [3.63, 3.8) is 0 Å². The highest BCUT2D eigenvalue weighted by atomic mass is 35.5. The van der Waals surface area contributed by atoms with Gasteiger partial charge in [0, 0.05) is 25.8 Å². The van der Waals surface area contributed by atoms with Crippen LogP contribution in [-0.4, -0.2) is 25.8 Å². The van der Waals surface area contributed by atoms with Crippen molar-refractivity contribution in [3.05, 3.63) is 64.4 Å². The van der Waals surface area contributed by atoms with Crippen LogP contribution in [-0.2, 0) is 0 Å². The Morgan fingerprint density at radius 1 is 1.22 bits per heavy atom. The lowest BCUT2D eigenvalue weighted by molar-refractivity contribution is 0.235. The minimum Gasteiger partial charge on any atom is -0.394 e. The van der Waals surface area contributed by atoms with Crippen LogP contribution < -0.4 is 10.2 Å². The van der Waals surface area contributed by atoms with Crippen LogP contribution in [0.15, 0.2) is 42.5 Å². The van der Waals surface area contributed by atoms with E-state index in [1.807, 2.05) is 50.2 Å². The third-order valence-electron chi connectivity index (χ3n) is 3.86. The van der Waals surface area contributed by atoms with Gasteiger partial charge in [-0.05, 0) is 36.2 Å². The van der Waals surface area contributed by atoms with Gasteiger partial charge in [-0.1, -0.05) is 35.9 Å². The number of para-hydroxylation sites is 1. The number of aliphatic hydroxyl groups is 1. The molecule has 0 amide bonds. The van der Waals surface area contributed by atoms with Gasteiger partial charge in [-0.15, -0.1) is 0 Å². The van der Waals surface area contributed by atoms with Gasteiger partial charge in [0.05, 0.1) is 17.7 Å². The predicted octanol–water partition coefficient (Wildman–Crippen LogP) is 3.93. The summed E-state index contributed by atoms with van der Waals surface area (Å²) in [6.07, 6.45) is 0. The van der Waals surface area contributed by atoms with Gasteiger partial charge in [-0.2, -0.15) is 0 Å². The standard InChI is InChI=1S/C18H22ClFN2O/c1-12(14-6-4-5-7-18(14)22(2)3)21-17(11-23)13-8-9-15(19)16(20)10-13/h4-10,12,17,21,23H,11H2,1-3H3. The topological polar surface area (TPSA) is 35.5 Å². The van der Waals surface area contributed by atoms with E-state index in [0.717, 1.165) is 11.3 Å². The molecule has 2 rings (SSSR count). The number of nitrogens with one attached hydrogen (secondary N) is 1. The highest BCUT2D eigenvalue weighted by Gasteiger charge is 2.18. The van der Waals surface area contributed by atoms with E-state index >= 15 is 0 Å². The molecule has 0 fully saturated rings. The van der Waals surface area contributed by atoms with Crippen molar-refractivity contribution in [1.82, 2.24) is 5.32 Å². The zero-order chi connectivity index (χ0) is 17.0. The van der Waals surface area contributed by atoms with E-state index in [-0.39, 0.29) is 23.7 Å². The van der Waals surface area contributed by atoms with E-state index in [1.165, 1.54) is 12.1 Å². The van der Waals surface area contributed by atoms with Gasteiger partial charge in [0.1, 0.15) is 5.82 Å². The second-order valence-electron chi connectivity index (χ2n) is 5.75. The maximum Gasteiger partial charge on any atom is 0.142 e. The first-order valence-corrected chi connectivity index (χ1v) is 7.90. The molecule has 2 aromatic carbocycles. The van der Waals surface area contributed by atoms with E-state index < -0.39 is 5.82 Å². The summed E-state index contributed by atoms with van der Waals surface area (Å²) >= 11 is 5.72. The molecule has 0 radical (unpaired) electrons. The third kappa shape index (κ3) is 4.22. The summed E-state index contributed by atoms with van der Waals surface area (Å²) in [6.45, 7) is 1.90. The van der Waals surface area contributed by atoms with Crippen LogP contribution in [0.3, 0.4) is 0 Å². The Morgan fingerprint density at radius 3 is 2.52 bits per heavy atom. The molecule has 0 aliphatic rings. The lowest BCUT2D eigenvalue weighted by Crippen LogP contribution is -2.28. The van der Waals surface area contributed by atoms with Crippen LogP contribution in [0.25, 0.3) is 0 Å². The summed E-state index contributed by atoms with van der Waals surface area (Å²) in [4.78, 5) is 2.05. The predicted molar refractivity (Wildman–Crippen MR) is 93.6 cm³/mol. The molecule has 124 valence electrons. The molecule has 5 heteroatoms. The Kier molecular flexibility index (Phi) is 5.99. The Morgan fingerprint density at radius 2 is 1.91 bits per heavy atom. The van der Waals surface area contributed by atoms with Gasteiger partial charge in [0.2, 0.25) is 0 Å². The van der Waals surface area contributed by atoms with Crippen molar-refractivity contribution in [2.45, 2.75) is 19.0 Å². The number of benzene rings is 2.